The van der Waals surface area contributed by atoms with E-state index in [0.717, 1.165) is 35.5 Å². The fraction of sp³-hybridized carbons (Fsp3) is 0.364. The Kier molecular flexibility index (Phi) is 5.13. The largest absolute Gasteiger partial charge is 0.361 e. The van der Waals surface area contributed by atoms with Crippen LogP contribution in [0.25, 0.3) is 11.3 Å². The molecule has 1 saturated heterocycles. The molecule has 1 atom stereocenters. The fourth-order valence-electron chi connectivity index (χ4n) is 4.02. The van der Waals surface area contributed by atoms with Crippen LogP contribution in [0.2, 0.25) is 0 Å². The van der Waals surface area contributed by atoms with Gasteiger partial charge in [-0.1, -0.05) is 23.4 Å². The van der Waals surface area contributed by atoms with Crippen LogP contribution in [0.15, 0.2) is 34.9 Å². The van der Waals surface area contributed by atoms with Gasteiger partial charge in [0.05, 0.1) is 35.1 Å². The quantitative estimate of drug-likeness (QED) is 0.666. The van der Waals surface area contributed by atoms with Gasteiger partial charge in [0.1, 0.15) is 17.4 Å². The predicted molar refractivity (Wildman–Crippen MR) is 106 cm³/mol. The molecule has 1 aliphatic heterocycles. The van der Waals surface area contributed by atoms with Crippen molar-refractivity contribution in [3.63, 3.8) is 0 Å². The number of amides is 1. The van der Waals surface area contributed by atoms with E-state index in [4.69, 9.17) is 4.52 Å². The highest BCUT2D eigenvalue weighted by Gasteiger charge is 2.32. The van der Waals surface area contributed by atoms with Crippen molar-refractivity contribution in [2.24, 2.45) is 0 Å². The number of hydrogen-bond donors (Lipinski definition) is 0. The summed E-state index contributed by atoms with van der Waals surface area (Å²) in [7, 11) is 0. The molecule has 0 N–H and O–H groups in total. The zero-order chi connectivity index (χ0) is 20.5. The third-order valence-corrected chi connectivity index (χ3v) is 5.36. The van der Waals surface area contributed by atoms with E-state index in [2.05, 4.69) is 15.1 Å². The van der Waals surface area contributed by atoms with Crippen LogP contribution in [0.5, 0.6) is 0 Å². The molecule has 1 aromatic carbocycles. The maximum Gasteiger partial charge on any atom is 0.227 e. The summed E-state index contributed by atoms with van der Waals surface area (Å²) < 4.78 is 19.3. The van der Waals surface area contributed by atoms with Crippen molar-refractivity contribution in [2.75, 3.05) is 6.54 Å². The molecule has 1 unspecified atom stereocenters. The Morgan fingerprint density at radius 3 is 2.76 bits per heavy atom. The van der Waals surface area contributed by atoms with Crippen LogP contribution < -0.4 is 0 Å². The highest BCUT2D eigenvalue weighted by atomic mass is 19.1. The van der Waals surface area contributed by atoms with Gasteiger partial charge in [-0.05, 0) is 51.3 Å². The molecule has 7 heteroatoms. The SMILES string of the molecule is Cc1nc(-c2c(C)noc2C)cc(C2CCCN2C(=O)Cc2ccccc2F)n1. The maximum absolute atomic E-state index is 14.0. The fourth-order valence-corrected chi connectivity index (χ4v) is 4.02. The Balaban J connectivity index is 1.64. The lowest BCUT2D eigenvalue weighted by Crippen LogP contribution is -2.32. The van der Waals surface area contributed by atoms with Crippen LogP contribution in [0.4, 0.5) is 4.39 Å². The van der Waals surface area contributed by atoms with Gasteiger partial charge < -0.3 is 9.42 Å². The first-order valence-electron chi connectivity index (χ1n) is 9.75. The first-order valence-corrected chi connectivity index (χ1v) is 9.75. The lowest BCUT2D eigenvalue weighted by Gasteiger charge is -2.25. The van der Waals surface area contributed by atoms with Gasteiger partial charge >= 0.3 is 0 Å². The molecule has 150 valence electrons. The second kappa shape index (κ2) is 7.73. The molecular formula is C22H23FN4O2. The Morgan fingerprint density at radius 1 is 1.24 bits per heavy atom. The van der Waals surface area contributed by atoms with Crippen molar-refractivity contribution in [2.45, 2.75) is 46.1 Å². The maximum atomic E-state index is 14.0. The van der Waals surface area contributed by atoms with Crippen LogP contribution in [-0.4, -0.2) is 32.5 Å². The van der Waals surface area contributed by atoms with E-state index in [1.807, 2.05) is 31.7 Å². The van der Waals surface area contributed by atoms with Crippen molar-refractivity contribution >= 4 is 5.91 Å². The molecule has 4 rings (SSSR count). The van der Waals surface area contributed by atoms with E-state index in [-0.39, 0.29) is 24.2 Å². The number of rotatable bonds is 4. The smallest absolute Gasteiger partial charge is 0.227 e. The van der Waals surface area contributed by atoms with Crippen LogP contribution in [-0.2, 0) is 11.2 Å². The standard InChI is InChI=1S/C22H23FN4O2/c1-13-22(14(2)29-26-13)19-12-18(24-15(3)25-19)20-9-6-10-27(20)21(28)11-16-7-4-5-8-17(16)23/h4-5,7-8,12,20H,6,9-11H2,1-3H3. The first kappa shape index (κ1) is 19.2. The summed E-state index contributed by atoms with van der Waals surface area (Å²) in [6, 6.07) is 8.18. The molecule has 0 saturated carbocycles. The summed E-state index contributed by atoms with van der Waals surface area (Å²) in [5.74, 6) is 0.888. The molecule has 2 aromatic heterocycles. The van der Waals surface area contributed by atoms with E-state index in [1.165, 1.54) is 6.07 Å². The number of aryl methyl sites for hydroxylation is 3. The van der Waals surface area contributed by atoms with Crippen molar-refractivity contribution < 1.29 is 13.7 Å². The number of nitrogens with zero attached hydrogens (tertiary/aromatic N) is 4. The predicted octanol–water partition coefficient (Wildman–Crippen LogP) is 4.10. The molecule has 0 aliphatic carbocycles. The minimum atomic E-state index is -0.352. The van der Waals surface area contributed by atoms with Gasteiger partial charge in [0.25, 0.3) is 0 Å². The van der Waals surface area contributed by atoms with E-state index in [0.29, 0.717) is 23.7 Å². The van der Waals surface area contributed by atoms with Crippen LogP contribution in [0, 0.1) is 26.6 Å². The van der Waals surface area contributed by atoms with E-state index < -0.39 is 0 Å². The number of carbonyl (C=O) groups is 1. The van der Waals surface area contributed by atoms with Crippen LogP contribution in [0.1, 0.15) is 47.4 Å². The van der Waals surface area contributed by atoms with Gasteiger partial charge in [-0.15, -0.1) is 0 Å². The third kappa shape index (κ3) is 3.77. The highest BCUT2D eigenvalue weighted by Crippen LogP contribution is 2.34. The lowest BCUT2D eigenvalue weighted by molar-refractivity contribution is -0.131. The van der Waals surface area contributed by atoms with Crippen molar-refractivity contribution in [1.82, 2.24) is 20.0 Å². The monoisotopic (exact) mass is 394 g/mol. The second-order valence-corrected chi connectivity index (χ2v) is 7.44. The Bertz CT molecular complexity index is 1040. The van der Waals surface area contributed by atoms with Gasteiger partial charge in [0, 0.05) is 6.54 Å². The molecule has 3 aromatic rings. The summed E-state index contributed by atoms with van der Waals surface area (Å²) in [6.45, 7) is 6.21. The minimum absolute atomic E-state index is 0.0456. The summed E-state index contributed by atoms with van der Waals surface area (Å²) >= 11 is 0. The zero-order valence-electron chi connectivity index (χ0n) is 16.8. The van der Waals surface area contributed by atoms with E-state index in [9.17, 15) is 9.18 Å². The average molecular weight is 394 g/mol. The first-order chi connectivity index (χ1) is 13.9. The Labute approximate surface area is 168 Å². The van der Waals surface area contributed by atoms with Crippen molar-refractivity contribution in [1.29, 1.82) is 0 Å². The molecule has 0 bridgehead atoms. The molecule has 1 fully saturated rings. The number of likely N-dealkylation sites (tertiary alicyclic amines) is 1. The van der Waals surface area contributed by atoms with Gasteiger partial charge in [-0.3, -0.25) is 4.79 Å². The molecule has 3 heterocycles. The number of carbonyl (C=O) groups excluding carboxylic acids is 1. The van der Waals surface area contributed by atoms with Gasteiger partial charge in [0.2, 0.25) is 5.91 Å². The van der Waals surface area contributed by atoms with Crippen molar-refractivity contribution in [3.05, 3.63) is 64.7 Å². The van der Waals surface area contributed by atoms with Gasteiger partial charge in [0.15, 0.2) is 0 Å². The molecule has 0 spiro atoms. The third-order valence-electron chi connectivity index (χ3n) is 5.36. The number of halogens is 1. The second-order valence-electron chi connectivity index (χ2n) is 7.44. The van der Waals surface area contributed by atoms with Gasteiger partial charge in [-0.25, -0.2) is 14.4 Å². The minimum Gasteiger partial charge on any atom is -0.361 e. The highest BCUT2D eigenvalue weighted by molar-refractivity contribution is 5.79. The van der Waals surface area contributed by atoms with Crippen molar-refractivity contribution in [3.8, 4) is 11.3 Å². The molecule has 1 amide bonds. The van der Waals surface area contributed by atoms with Crippen LogP contribution >= 0.6 is 0 Å². The zero-order valence-corrected chi connectivity index (χ0v) is 16.8. The summed E-state index contributed by atoms with van der Waals surface area (Å²) in [5.41, 5.74) is 3.59. The lowest BCUT2D eigenvalue weighted by atomic mass is 10.0. The summed E-state index contributed by atoms with van der Waals surface area (Å²) in [6.07, 6.45) is 1.75. The van der Waals surface area contributed by atoms with E-state index in [1.54, 1.807) is 18.2 Å². The van der Waals surface area contributed by atoms with Gasteiger partial charge in [-0.2, -0.15) is 0 Å². The molecule has 29 heavy (non-hydrogen) atoms. The Morgan fingerprint density at radius 2 is 2.03 bits per heavy atom. The number of benzene rings is 1. The van der Waals surface area contributed by atoms with Crippen LogP contribution in [0.3, 0.4) is 0 Å². The van der Waals surface area contributed by atoms with E-state index >= 15 is 0 Å². The summed E-state index contributed by atoms with van der Waals surface area (Å²) in [4.78, 5) is 23.9. The number of hydrogen-bond acceptors (Lipinski definition) is 5. The topological polar surface area (TPSA) is 72.1 Å². The number of aromatic nitrogens is 3. The average Bonchev–Trinajstić information content (AvgIpc) is 3.30. The molecule has 0 radical (unpaired) electrons. The summed E-state index contributed by atoms with van der Waals surface area (Å²) in [5, 5.41) is 4.01. The normalized spacial score (nSPS) is 16.4. The Hall–Kier alpha value is -3.09. The molecule has 1 aliphatic rings. The molecule has 6 nitrogen and oxygen atoms in total. The molecular weight excluding hydrogens is 371 g/mol.